The quantitative estimate of drug-likeness (QED) is 0.543. The Balaban J connectivity index is 1.39. The molecule has 2 aromatic carbocycles. The third kappa shape index (κ3) is 6.43. The molecule has 0 bridgehead atoms. The zero-order valence-electron chi connectivity index (χ0n) is 14.9. The molecule has 1 fully saturated rings. The monoisotopic (exact) mass is 448 g/mol. The van der Waals surface area contributed by atoms with Crippen molar-refractivity contribution in [2.24, 2.45) is 5.10 Å². The minimum atomic E-state index is -0.0931. The molecule has 1 heterocycles. The van der Waals surface area contributed by atoms with Crippen LogP contribution in [0.5, 0.6) is 0 Å². The summed E-state index contributed by atoms with van der Waals surface area (Å²) < 4.78 is 0.944. The summed E-state index contributed by atoms with van der Waals surface area (Å²) in [5.41, 5.74) is 4.79. The van der Waals surface area contributed by atoms with Gasteiger partial charge in [-0.1, -0.05) is 57.9 Å². The van der Waals surface area contributed by atoms with E-state index in [1.165, 1.54) is 5.56 Å². The van der Waals surface area contributed by atoms with Gasteiger partial charge in [0.2, 0.25) is 0 Å². The fourth-order valence-electron chi connectivity index (χ4n) is 2.95. The van der Waals surface area contributed by atoms with Gasteiger partial charge in [0, 0.05) is 47.8 Å². The minimum Gasteiger partial charge on any atom is -0.297 e. The van der Waals surface area contributed by atoms with E-state index in [-0.39, 0.29) is 5.91 Å². The number of carbonyl (C=O) groups is 1. The summed E-state index contributed by atoms with van der Waals surface area (Å²) in [5.74, 6) is -0.0931. The first-order chi connectivity index (χ1) is 13.1. The van der Waals surface area contributed by atoms with Crippen LogP contribution in [0.25, 0.3) is 0 Å². The van der Waals surface area contributed by atoms with Crippen molar-refractivity contribution in [3.05, 3.63) is 69.2 Å². The molecule has 0 radical (unpaired) electrons. The number of benzene rings is 2. The van der Waals surface area contributed by atoms with Gasteiger partial charge >= 0.3 is 0 Å². The van der Waals surface area contributed by atoms with Gasteiger partial charge in [-0.25, -0.2) is 5.43 Å². The van der Waals surface area contributed by atoms with Gasteiger partial charge in [0.05, 0.1) is 12.8 Å². The molecule has 0 unspecified atom stereocenters. The van der Waals surface area contributed by atoms with Crippen molar-refractivity contribution in [2.75, 3.05) is 32.7 Å². The van der Waals surface area contributed by atoms with Crippen molar-refractivity contribution < 1.29 is 4.79 Å². The lowest BCUT2D eigenvalue weighted by Gasteiger charge is -2.34. The fraction of sp³-hybridized carbons (Fsp3) is 0.300. The van der Waals surface area contributed by atoms with E-state index in [0.717, 1.165) is 47.8 Å². The molecule has 142 valence electrons. The zero-order chi connectivity index (χ0) is 19.1. The number of hydrazone groups is 1. The topological polar surface area (TPSA) is 47.9 Å². The molecule has 0 aromatic heterocycles. The van der Waals surface area contributed by atoms with Crippen molar-refractivity contribution in [3.8, 4) is 0 Å². The van der Waals surface area contributed by atoms with Crippen LogP contribution in [0.15, 0.2) is 58.1 Å². The molecule has 0 atom stereocenters. The Bertz CT molecular complexity index is 789. The maximum atomic E-state index is 12.1. The van der Waals surface area contributed by atoms with Gasteiger partial charge in [-0.05, 0) is 23.8 Å². The van der Waals surface area contributed by atoms with Crippen LogP contribution in [0.2, 0.25) is 5.02 Å². The van der Waals surface area contributed by atoms with Crippen LogP contribution in [-0.2, 0) is 11.3 Å². The summed E-state index contributed by atoms with van der Waals surface area (Å²) in [6.07, 6.45) is 1.64. The van der Waals surface area contributed by atoms with Crippen molar-refractivity contribution in [1.29, 1.82) is 0 Å². The van der Waals surface area contributed by atoms with Crippen LogP contribution in [-0.4, -0.2) is 54.6 Å². The second kappa shape index (κ2) is 9.99. The van der Waals surface area contributed by atoms with E-state index in [1.807, 2.05) is 36.4 Å². The van der Waals surface area contributed by atoms with E-state index >= 15 is 0 Å². The largest absolute Gasteiger partial charge is 0.297 e. The lowest BCUT2D eigenvalue weighted by Crippen LogP contribution is -2.48. The van der Waals surface area contributed by atoms with Crippen LogP contribution in [0, 0.1) is 0 Å². The van der Waals surface area contributed by atoms with E-state index in [1.54, 1.807) is 6.21 Å². The third-order valence-corrected chi connectivity index (χ3v) is 5.42. The summed E-state index contributed by atoms with van der Waals surface area (Å²) >= 11 is 9.38. The lowest BCUT2D eigenvalue weighted by atomic mass is 10.2. The van der Waals surface area contributed by atoms with Crippen molar-refractivity contribution in [3.63, 3.8) is 0 Å². The normalized spacial score (nSPS) is 15.9. The molecule has 1 aliphatic rings. The SMILES string of the molecule is O=C(CN1CCN(Cc2ccc(Cl)cc2)CC1)NN=Cc1ccccc1Br. The Hall–Kier alpha value is -1.73. The molecule has 0 spiro atoms. The van der Waals surface area contributed by atoms with Gasteiger partial charge in [-0.3, -0.25) is 14.6 Å². The highest BCUT2D eigenvalue weighted by Crippen LogP contribution is 2.14. The molecule has 1 aliphatic heterocycles. The van der Waals surface area contributed by atoms with E-state index in [0.29, 0.717) is 6.54 Å². The number of hydrogen-bond donors (Lipinski definition) is 1. The Morgan fingerprint density at radius 3 is 2.44 bits per heavy atom. The predicted molar refractivity (Wildman–Crippen MR) is 113 cm³/mol. The van der Waals surface area contributed by atoms with Crippen molar-refractivity contribution in [2.45, 2.75) is 6.54 Å². The van der Waals surface area contributed by atoms with Gasteiger partial charge in [0.25, 0.3) is 5.91 Å². The molecule has 0 aliphatic carbocycles. The smallest absolute Gasteiger partial charge is 0.254 e. The molecule has 1 N–H and O–H groups in total. The first-order valence-corrected chi connectivity index (χ1v) is 10.0. The lowest BCUT2D eigenvalue weighted by molar-refractivity contribution is -0.122. The van der Waals surface area contributed by atoms with Crippen LogP contribution in [0.1, 0.15) is 11.1 Å². The molecule has 5 nitrogen and oxygen atoms in total. The predicted octanol–water partition coefficient (Wildman–Crippen LogP) is 3.37. The first kappa shape index (κ1) is 20.0. The summed E-state index contributed by atoms with van der Waals surface area (Å²) in [7, 11) is 0. The average Bonchev–Trinajstić information content (AvgIpc) is 2.67. The molecule has 1 saturated heterocycles. The number of nitrogens with one attached hydrogen (secondary N) is 1. The number of nitrogens with zero attached hydrogens (tertiary/aromatic N) is 3. The summed E-state index contributed by atoms with van der Waals surface area (Å²) in [6, 6.07) is 15.7. The van der Waals surface area contributed by atoms with Gasteiger partial charge in [-0.2, -0.15) is 5.10 Å². The average molecular weight is 450 g/mol. The van der Waals surface area contributed by atoms with E-state index < -0.39 is 0 Å². The summed E-state index contributed by atoms with van der Waals surface area (Å²) in [6.45, 7) is 4.89. The minimum absolute atomic E-state index is 0.0931. The second-order valence-corrected chi connectivity index (χ2v) is 7.78. The number of piperazine rings is 1. The van der Waals surface area contributed by atoms with Crippen LogP contribution >= 0.6 is 27.5 Å². The zero-order valence-corrected chi connectivity index (χ0v) is 17.3. The molecule has 2 aromatic rings. The van der Waals surface area contributed by atoms with Gasteiger partial charge in [0.15, 0.2) is 0 Å². The Morgan fingerprint density at radius 2 is 1.74 bits per heavy atom. The summed E-state index contributed by atoms with van der Waals surface area (Å²) in [5, 5.41) is 4.80. The second-order valence-electron chi connectivity index (χ2n) is 6.49. The molecule has 3 rings (SSSR count). The fourth-order valence-corrected chi connectivity index (χ4v) is 3.46. The molecule has 1 amide bonds. The van der Waals surface area contributed by atoms with Crippen LogP contribution in [0.4, 0.5) is 0 Å². The molecule has 27 heavy (non-hydrogen) atoms. The number of amides is 1. The van der Waals surface area contributed by atoms with E-state index in [2.05, 4.69) is 48.4 Å². The Kier molecular flexibility index (Phi) is 7.41. The number of hydrogen-bond acceptors (Lipinski definition) is 4. The highest BCUT2D eigenvalue weighted by molar-refractivity contribution is 9.10. The van der Waals surface area contributed by atoms with Gasteiger partial charge in [-0.15, -0.1) is 0 Å². The molecule has 7 heteroatoms. The third-order valence-electron chi connectivity index (χ3n) is 4.45. The molecule has 0 saturated carbocycles. The number of carbonyl (C=O) groups excluding carboxylic acids is 1. The number of halogens is 2. The first-order valence-electron chi connectivity index (χ1n) is 8.86. The van der Waals surface area contributed by atoms with Crippen molar-refractivity contribution >= 4 is 39.7 Å². The standard InChI is InChI=1S/C20H22BrClN4O/c21-19-4-2-1-3-17(19)13-23-24-20(27)15-26-11-9-25(10-12-26)14-16-5-7-18(22)8-6-16/h1-8,13H,9-12,14-15H2,(H,24,27). The maximum absolute atomic E-state index is 12.1. The molecular formula is C20H22BrClN4O. The number of rotatable bonds is 6. The highest BCUT2D eigenvalue weighted by Gasteiger charge is 2.18. The van der Waals surface area contributed by atoms with Crippen LogP contribution < -0.4 is 5.43 Å². The van der Waals surface area contributed by atoms with Gasteiger partial charge in [0.1, 0.15) is 0 Å². The Morgan fingerprint density at radius 1 is 1.07 bits per heavy atom. The summed E-state index contributed by atoms with van der Waals surface area (Å²) in [4.78, 5) is 16.6. The van der Waals surface area contributed by atoms with Crippen molar-refractivity contribution in [1.82, 2.24) is 15.2 Å². The Labute approximate surface area is 173 Å². The highest BCUT2D eigenvalue weighted by atomic mass is 79.9. The van der Waals surface area contributed by atoms with Gasteiger partial charge < -0.3 is 0 Å². The van der Waals surface area contributed by atoms with E-state index in [4.69, 9.17) is 11.6 Å². The van der Waals surface area contributed by atoms with Crippen LogP contribution in [0.3, 0.4) is 0 Å². The van der Waals surface area contributed by atoms with E-state index in [9.17, 15) is 4.79 Å². The molecular weight excluding hydrogens is 428 g/mol. The maximum Gasteiger partial charge on any atom is 0.254 e.